The average Bonchev–Trinajstić information content (AvgIpc) is 3.49. The first-order valence-corrected chi connectivity index (χ1v) is 15.4. The molecule has 0 saturated heterocycles. The molecule has 0 spiro atoms. The lowest BCUT2D eigenvalue weighted by Gasteiger charge is -2.15. The third-order valence-electron chi connectivity index (χ3n) is 8.30. The molecule has 4 heteroatoms. The molecule has 0 fully saturated rings. The van der Waals surface area contributed by atoms with Crippen molar-refractivity contribution in [3.63, 3.8) is 0 Å². The number of aromatic nitrogens is 2. The van der Waals surface area contributed by atoms with E-state index in [1.54, 1.807) is 0 Å². The lowest BCUT2D eigenvalue weighted by molar-refractivity contribution is 0.700. The minimum Gasteiger partial charge on any atom is -0.258 e. The van der Waals surface area contributed by atoms with E-state index in [4.69, 9.17) is 15.1 Å². The van der Waals surface area contributed by atoms with Crippen molar-refractivity contribution in [2.45, 2.75) is 32.2 Å². The maximum absolute atomic E-state index is 5.30. The first kappa shape index (κ1) is 27.5. The molecule has 2 aromatic heterocycles. The van der Waals surface area contributed by atoms with E-state index < -0.39 is 0 Å². The summed E-state index contributed by atoms with van der Waals surface area (Å²) in [7, 11) is 0. The zero-order valence-corrected chi connectivity index (χ0v) is 24.8. The molecule has 4 aromatic carbocycles. The second-order valence-electron chi connectivity index (χ2n) is 11.1. The van der Waals surface area contributed by atoms with Gasteiger partial charge in [0.2, 0.25) is 0 Å². The van der Waals surface area contributed by atoms with Crippen LogP contribution in [0.5, 0.6) is 0 Å². The van der Waals surface area contributed by atoms with Gasteiger partial charge >= 0.3 is 0 Å². The van der Waals surface area contributed by atoms with E-state index in [1.807, 2.05) is 41.2 Å². The second kappa shape index (κ2) is 12.5. The van der Waals surface area contributed by atoms with Gasteiger partial charge in [0, 0.05) is 28.9 Å². The van der Waals surface area contributed by atoms with E-state index in [0.29, 0.717) is 5.84 Å². The number of amidine groups is 1. The highest BCUT2D eigenvalue weighted by atomic mass is 15.2. The quantitative estimate of drug-likeness (QED) is 0.139. The SMILES string of the molecule is CCC(N=C(N=Cc1cccn2nc3ccccc3c12)c1ccc(-c2ccccc2)cc1)c1ccc(C2=CC=CCC2)cc1. The topological polar surface area (TPSA) is 42.0 Å². The normalized spacial score (nSPS) is 14.4. The highest BCUT2D eigenvalue weighted by Crippen LogP contribution is 2.29. The molecule has 6 aromatic rings. The Morgan fingerprint density at radius 3 is 2.34 bits per heavy atom. The van der Waals surface area contributed by atoms with Crippen molar-refractivity contribution in [2.75, 3.05) is 0 Å². The summed E-state index contributed by atoms with van der Waals surface area (Å²) in [6.07, 6.45) is 13.6. The highest BCUT2D eigenvalue weighted by Gasteiger charge is 2.13. The third-order valence-corrected chi connectivity index (χ3v) is 8.30. The van der Waals surface area contributed by atoms with E-state index in [9.17, 15) is 0 Å². The van der Waals surface area contributed by atoms with Crippen LogP contribution in [0.15, 0.2) is 150 Å². The first-order valence-electron chi connectivity index (χ1n) is 15.4. The number of rotatable bonds is 7. The van der Waals surface area contributed by atoms with Gasteiger partial charge in [0.05, 0.1) is 17.1 Å². The number of hydrogen-bond donors (Lipinski definition) is 0. The van der Waals surface area contributed by atoms with Gasteiger partial charge in [0.25, 0.3) is 0 Å². The van der Waals surface area contributed by atoms with Crippen molar-refractivity contribution in [1.82, 2.24) is 9.61 Å². The van der Waals surface area contributed by atoms with Crippen LogP contribution in [0.3, 0.4) is 0 Å². The van der Waals surface area contributed by atoms with Gasteiger partial charge in [-0.05, 0) is 65.3 Å². The van der Waals surface area contributed by atoms with Gasteiger partial charge < -0.3 is 0 Å². The fourth-order valence-electron chi connectivity index (χ4n) is 5.92. The zero-order chi connectivity index (χ0) is 29.7. The minimum atomic E-state index is -0.0168. The van der Waals surface area contributed by atoms with Crippen molar-refractivity contribution >= 4 is 34.0 Å². The smallest absolute Gasteiger partial charge is 0.155 e. The molecule has 0 aliphatic heterocycles. The first-order chi connectivity index (χ1) is 21.8. The molecular formula is C40H34N4. The number of allylic oxidation sites excluding steroid dienone is 4. The molecule has 0 saturated carbocycles. The fraction of sp³-hybridized carbons (Fsp3) is 0.125. The lowest BCUT2D eigenvalue weighted by Crippen LogP contribution is -2.04. The van der Waals surface area contributed by atoms with E-state index in [2.05, 4.69) is 116 Å². The van der Waals surface area contributed by atoms with E-state index >= 15 is 0 Å². The van der Waals surface area contributed by atoms with Gasteiger partial charge in [-0.2, -0.15) is 5.10 Å². The van der Waals surface area contributed by atoms with Crippen molar-refractivity contribution in [2.24, 2.45) is 9.98 Å². The third kappa shape index (κ3) is 5.67. The maximum atomic E-state index is 5.30. The summed E-state index contributed by atoms with van der Waals surface area (Å²) in [6.45, 7) is 2.19. The highest BCUT2D eigenvalue weighted by molar-refractivity contribution is 6.09. The van der Waals surface area contributed by atoms with E-state index in [0.717, 1.165) is 46.8 Å². The Morgan fingerprint density at radius 2 is 1.57 bits per heavy atom. The van der Waals surface area contributed by atoms with Crippen LogP contribution in [0.2, 0.25) is 0 Å². The predicted molar refractivity (Wildman–Crippen MR) is 185 cm³/mol. The number of pyridine rings is 1. The molecule has 1 aliphatic rings. The fourth-order valence-corrected chi connectivity index (χ4v) is 5.92. The molecule has 214 valence electrons. The summed E-state index contributed by atoms with van der Waals surface area (Å²) in [5, 5.41) is 5.87. The van der Waals surface area contributed by atoms with Crippen LogP contribution in [-0.2, 0) is 0 Å². The minimum absolute atomic E-state index is 0.0168. The van der Waals surface area contributed by atoms with Gasteiger partial charge in [-0.15, -0.1) is 0 Å². The van der Waals surface area contributed by atoms with Crippen LogP contribution in [0.25, 0.3) is 33.1 Å². The van der Waals surface area contributed by atoms with Crippen molar-refractivity contribution in [3.8, 4) is 11.1 Å². The Kier molecular flexibility index (Phi) is 7.80. The molecule has 0 N–H and O–H groups in total. The molecule has 0 radical (unpaired) electrons. The Morgan fingerprint density at radius 1 is 0.818 bits per heavy atom. The van der Waals surface area contributed by atoms with Gasteiger partial charge in [0.15, 0.2) is 5.84 Å². The van der Waals surface area contributed by atoms with Crippen molar-refractivity contribution < 1.29 is 0 Å². The maximum Gasteiger partial charge on any atom is 0.155 e. The summed E-state index contributed by atoms with van der Waals surface area (Å²) < 4.78 is 1.94. The monoisotopic (exact) mass is 570 g/mol. The summed E-state index contributed by atoms with van der Waals surface area (Å²) in [5.74, 6) is 0.714. The van der Waals surface area contributed by atoms with Crippen LogP contribution in [-0.4, -0.2) is 21.7 Å². The lowest BCUT2D eigenvalue weighted by atomic mass is 9.95. The summed E-state index contributed by atoms with van der Waals surface area (Å²) in [6, 6.07) is 40.3. The Bertz CT molecular complexity index is 2030. The van der Waals surface area contributed by atoms with Gasteiger partial charge in [-0.25, -0.2) is 9.51 Å². The van der Waals surface area contributed by atoms with Gasteiger partial charge in [-0.1, -0.05) is 122 Å². The van der Waals surface area contributed by atoms with E-state index in [1.165, 1.54) is 27.8 Å². The second-order valence-corrected chi connectivity index (χ2v) is 11.1. The Hall–Kier alpha value is -5.35. The van der Waals surface area contributed by atoms with Crippen LogP contribution < -0.4 is 0 Å². The van der Waals surface area contributed by atoms with Crippen LogP contribution >= 0.6 is 0 Å². The molecule has 7 rings (SSSR count). The summed E-state index contributed by atoms with van der Waals surface area (Å²) in [5.41, 5.74) is 10.2. The molecule has 1 atom stereocenters. The molecule has 1 unspecified atom stereocenters. The molecule has 2 heterocycles. The van der Waals surface area contributed by atoms with E-state index in [-0.39, 0.29) is 6.04 Å². The molecule has 4 nitrogen and oxygen atoms in total. The van der Waals surface area contributed by atoms with Crippen molar-refractivity contribution in [1.29, 1.82) is 0 Å². The standard InChI is InChI=1S/C40H34N4/c1-2-37(33-23-19-31(20-24-33)29-12-5-3-6-13-29)42-40(34-25-21-32(22-26-34)30-14-7-4-8-15-30)41-28-35-16-11-27-44-39(35)36-17-9-10-18-38(36)43-44/h3-5,7-12,14-28,37H,2,6,13H2,1H3. The Labute approximate surface area is 258 Å². The molecule has 1 aliphatic carbocycles. The van der Waals surface area contributed by atoms with Gasteiger partial charge in [0.1, 0.15) is 0 Å². The number of benzene rings is 4. The number of hydrogen-bond acceptors (Lipinski definition) is 2. The predicted octanol–water partition coefficient (Wildman–Crippen LogP) is 9.90. The zero-order valence-electron chi connectivity index (χ0n) is 24.8. The Balaban J connectivity index is 1.28. The number of fused-ring (bicyclic) bond motifs is 3. The summed E-state index contributed by atoms with van der Waals surface area (Å²) in [4.78, 5) is 10.4. The summed E-state index contributed by atoms with van der Waals surface area (Å²) >= 11 is 0. The molecule has 0 bridgehead atoms. The van der Waals surface area contributed by atoms with Crippen LogP contribution in [0.4, 0.5) is 0 Å². The van der Waals surface area contributed by atoms with Crippen LogP contribution in [0, 0.1) is 0 Å². The van der Waals surface area contributed by atoms with Gasteiger partial charge in [-0.3, -0.25) is 4.99 Å². The average molecular weight is 571 g/mol. The molecule has 0 amide bonds. The largest absolute Gasteiger partial charge is 0.258 e. The molecular weight excluding hydrogens is 536 g/mol. The number of nitrogens with zero attached hydrogens (tertiary/aromatic N) is 4. The van der Waals surface area contributed by atoms with Crippen molar-refractivity contribution in [3.05, 3.63) is 162 Å². The van der Waals surface area contributed by atoms with Crippen LogP contribution in [0.1, 0.15) is 54.5 Å². The number of aliphatic imine (C=N–C) groups is 2. The molecule has 44 heavy (non-hydrogen) atoms.